The van der Waals surface area contributed by atoms with Gasteiger partial charge in [0.05, 0.1) is 10.6 Å². The fraction of sp³-hybridized carbons (Fsp3) is 0.118. The second kappa shape index (κ2) is 7.85. The zero-order valence-corrected chi connectivity index (χ0v) is 15.3. The molecule has 2 aromatic carbocycles. The number of aromatic nitrogens is 2. The third-order valence-electron chi connectivity index (χ3n) is 3.51. The molecule has 0 fully saturated rings. The highest BCUT2D eigenvalue weighted by Crippen LogP contribution is 2.21. The molecular formula is C17H13ClFN3O4S. The van der Waals surface area contributed by atoms with Gasteiger partial charge in [0.15, 0.2) is 9.84 Å². The minimum atomic E-state index is -3.63. The highest BCUT2D eigenvalue weighted by atomic mass is 35.5. The summed E-state index contributed by atoms with van der Waals surface area (Å²) in [5.41, 5.74) is 0.355. The number of carbonyl (C=O) groups is 1. The van der Waals surface area contributed by atoms with Crippen LogP contribution in [0.2, 0.25) is 5.02 Å². The molecular weight excluding hydrogens is 397 g/mol. The van der Waals surface area contributed by atoms with Crippen molar-refractivity contribution >= 4 is 33.4 Å². The van der Waals surface area contributed by atoms with E-state index in [4.69, 9.17) is 16.0 Å². The first-order valence-corrected chi connectivity index (χ1v) is 9.74. The van der Waals surface area contributed by atoms with Gasteiger partial charge in [-0.05, 0) is 42.5 Å². The highest BCUT2D eigenvalue weighted by Gasteiger charge is 2.18. The van der Waals surface area contributed by atoms with Gasteiger partial charge in [-0.15, -0.1) is 5.10 Å². The summed E-state index contributed by atoms with van der Waals surface area (Å²) in [6, 6.07) is 11.0. The molecule has 0 aliphatic rings. The zero-order valence-electron chi connectivity index (χ0n) is 13.7. The fourth-order valence-electron chi connectivity index (χ4n) is 2.18. The summed E-state index contributed by atoms with van der Waals surface area (Å²) in [5, 5.41) is 10.1. The summed E-state index contributed by atoms with van der Waals surface area (Å²) in [6.45, 7) is 0. The van der Waals surface area contributed by atoms with Crippen LogP contribution in [0.5, 0.6) is 0 Å². The molecule has 0 aliphatic carbocycles. The van der Waals surface area contributed by atoms with Crippen molar-refractivity contribution in [3.05, 3.63) is 59.4 Å². The molecule has 3 rings (SSSR count). The molecule has 0 bridgehead atoms. The Bertz CT molecular complexity index is 1070. The zero-order chi connectivity index (χ0) is 19.4. The average molecular weight is 410 g/mol. The van der Waals surface area contributed by atoms with Gasteiger partial charge in [0.1, 0.15) is 5.82 Å². The van der Waals surface area contributed by atoms with E-state index in [9.17, 15) is 17.6 Å². The maximum atomic E-state index is 13.2. The number of nitrogens with one attached hydrogen (secondary N) is 1. The molecule has 0 unspecified atom stereocenters. The van der Waals surface area contributed by atoms with Crippen molar-refractivity contribution in [2.75, 3.05) is 11.1 Å². The molecule has 0 aliphatic heterocycles. The number of sulfone groups is 1. The lowest BCUT2D eigenvalue weighted by atomic mass is 10.2. The van der Waals surface area contributed by atoms with Crippen molar-refractivity contribution in [1.29, 1.82) is 0 Å². The molecule has 27 heavy (non-hydrogen) atoms. The van der Waals surface area contributed by atoms with E-state index >= 15 is 0 Å². The number of benzene rings is 2. The Morgan fingerprint density at radius 2 is 1.89 bits per heavy atom. The average Bonchev–Trinajstić information content (AvgIpc) is 3.09. The Kier molecular flexibility index (Phi) is 5.52. The topological polar surface area (TPSA) is 102 Å². The molecule has 0 spiro atoms. The first-order valence-electron chi connectivity index (χ1n) is 7.71. The van der Waals surface area contributed by atoms with Crippen molar-refractivity contribution in [2.24, 2.45) is 0 Å². The van der Waals surface area contributed by atoms with E-state index in [0.717, 1.165) is 0 Å². The Labute approximate surface area is 159 Å². The first-order chi connectivity index (χ1) is 12.8. The minimum absolute atomic E-state index is 0.0265. The predicted molar refractivity (Wildman–Crippen MR) is 96.4 cm³/mol. The Morgan fingerprint density at radius 1 is 1.15 bits per heavy atom. The molecule has 3 aromatic rings. The maximum Gasteiger partial charge on any atom is 0.322 e. The fourth-order valence-corrected chi connectivity index (χ4v) is 3.55. The lowest BCUT2D eigenvalue weighted by Gasteiger charge is -2.04. The SMILES string of the molecule is O=C(CCS(=O)(=O)c1ccc(Cl)cc1)Nc1nnc(-c2cccc(F)c2)o1. The maximum absolute atomic E-state index is 13.2. The molecule has 1 aromatic heterocycles. The van der Waals surface area contributed by atoms with Crippen molar-refractivity contribution in [3.8, 4) is 11.5 Å². The quantitative estimate of drug-likeness (QED) is 0.669. The normalized spacial score (nSPS) is 11.3. The van der Waals surface area contributed by atoms with Crippen LogP contribution >= 0.6 is 11.6 Å². The molecule has 140 valence electrons. The van der Waals surface area contributed by atoms with E-state index in [0.29, 0.717) is 10.6 Å². The second-order valence-corrected chi connectivity index (χ2v) is 8.04. The Hall–Kier alpha value is -2.78. The van der Waals surface area contributed by atoms with Gasteiger partial charge in [0, 0.05) is 17.0 Å². The van der Waals surface area contributed by atoms with Crippen LogP contribution in [0.1, 0.15) is 6.42 Å². The lowest BCUT2D eigenvalue weighted by molar-refractivity contribution is -0.115. The van der Waals surface area contributed by atoms with Crippen LogP contribution in [0.25, 0.3) is 11.5 Å². The van der Waals surface area contributed by atoms with Gasteiger partial charge in [0.2, 0.25) is 11.8 Å². The molecule has 7 nitrogen and oxygen atoms in total. The van der Waals surface area contributed by atoms with Crippen LogP contribution in [0.3, 0.4) is 0 Å². The number of hydrogen-bond donors (Lipinski definition) is 1. The number of nitrogens with zero attached hydrogens (tertiary/aromatic N) is 2. The smallest absolute Gasteiger partial charge is 0.322 e. The highest BCUT2D eigenvalue weighted by molar-refractivity contribution is 7.91. The molecule has 10 heteroatoms. The molecule has 0 atom stereocenters. The number of halogens is 2. The Balaban J connectivity index is 1.60. The predicted octanol–water partition coefficient (Wildman–Crippen LogP) is 3.33. The van der Waals surface area contributed by atoms with Crippen molar-refractivity contribution < 1.29 is 22.0 Å². The van der Waals surface area contributed by atoms with Gasteiger partial charge >= 0.3 is 6.01 Å². The Morgan fingerprint density at radius 3 is 2.59 bits per heavy atom. The van der Waals surface area contributed by atoms with Gasteiger partial charge in [-0.1, -0.05) is 22.8 Å². The number of amides is 1. The first kappa shape index (κ1) is 19.0. The minimum Gasteiger partial charge on any atom is -0.403 e. The van der Waals surface area contributed by atoms with Crippen LogP contribution in [0, 0.1) is 5.82 Å². The summed E-state index contributed by atoms with van der Waals surface area (Å²) in [7, 11) is -3.63. The van der Waals surface area contributed by atoms with Crippen molar-refractivity contribution in [3.63, 3.8) is 0 Å². The third-order valence-corrected chi connectivity index (χ3v) is 5.50. The molecule has 0 radical (unpaired) electrons. The number of rotatable bonds is 6. The summed E-state index contributed by atoms with van der Waals surface area (Å²) in [6.07, 6.45) is -0.303. The number of carbonyl (C=O) groups excluding carboxylic acids is 1. The van der Waals surface area contributed by atoms with Gasteiger partial charge < -0.3 is 4.42 Å². The van der Waals surface area contributed by atoms with Gasteiger partial charge in [-0.25, -0.2) is 12.8 Å². The largest absolute Gasteiger partial charge is 0.403 e. The van der Waals surface area contributed by atoms with E-state index in [1.807, 2.05) is 0 Å². The molecule has 1 amide bonds. The van der Waals surface area contributed by atoms with E-state index in [1.54, 1.807) is 6.07 Å². The van der Waals surface area contributed by atoms with Gasteiger partial charge in [-0.2, -0.15) is 0 Å². The van der Waals surface area contributed by atoms with Crippen LogP contribution in [0.15, 0.2) is 57.8 Å². The van der Waals surface area contributed by atoms with Crippen LogP contribution in [0.4, 0.5) is 10.4 Å². The van der Waals surface area contributed by atoms with E-state index in [2.05, 4.69) is 15.5 Å². The van der Waals surface area contributed by atoms with Crippen LogP contribution < -0.4 is 5.32 Å². The van der Waals surface area contributed by atoms with Crippen LogP contribution in [-0.4, -0.2) is 30.3 Å². The summed E-state index contributed by atoms with van der Waals surface area (Å²) in [4.78, 5) is 12.0. The van der Waals surface area contributed by atoms with E-state index in [-0.39, 0.29) is 23.2 Å². The van der Waals surface area contributed by atoms with Crippen molar-refractivity contribution in [2.45, 2.75) is 11.3 Å². The number of anilines is 1. The summed E-state index contributed by atoms with van der Waals surface area (Å²) < 4.78 is 42.9. The lowest BCUT2D eigenvalue weighted by Crippen LogP contribution is -2.17. The van der Waals surface area contributed by atoms with E-state index < -0.39 is 27.3 Å². The van der Waals surface area contributed by atoms with Gasteiger partial charge in [-0.3, -0.25) is 10.1 Å². The third kappa shape index (κ3) is 4.89. The molecule has 0 saturated carbocycles. The molecule has 1 heterocycles. The number of hydrogen-bond acceptors (Lipinski definition) is 6. The monoisotopic (exact) mass is 409 g/mol. The van der Waals surface area contributed by atoms with Gasteiger partial charge in [0.25, 0.3) is 0 Å². The standard InChI is InChI=1S/C17H13ClFN3O4S/c18-12-4-6-14(7-5-12)27(24,25)9-8-15(23)20-17-22-21-16(26-17)11-2-1-3-13(19)10-11/h1-7,10H,8-9H2,(H,20,22,23). The second-order valence-electron chi connectivity index (χ2n) is 5.49. The van der Waals surface area contributed by atoms with Crippen molar-refractivity contribution in [1.82, 2.24) is 10.2 Å². The summed E-state index contributed by atoms with van der Waals surface area (Å²) >= 11 is 5.73. The van der Waals surface area contributed by atoms with Crippen LogP contribution in [-0.2, 0) is 14.6 Å². The van der Waals surface area contributed by atoms with E-state index in [1.165, 1.54) is 42.5 Å². The molecule has 1 N–H and O–H groups in total. The summed E-state index contributed by atoms with van der Waals surface area (Å²) in [5.74, 6) is -1.45. The molecule has 0 saturated heterocycles.